The molecule has 0 atom stereocenters. The van der Waals surface area contributed by atoms with Crippen molar-refractivity contribution < 1.29 is 65.4 Å². The van der Waals surface area contributed by atoms with Crippen molar-refractivity contribution in [2.24, 2.45) is 0 Å². The van der Waals surface area contributed by atoms with E-state index >= 15 is 0 Å². The van der Waals surface area contributed by atoms with E-state index < -0.39 is 0 Å². The van der Waals surface area contributed by atoms with Gasteiger partial charge in [-0.2, -0.15) is 12.1 Å². The van der Waals surface area contributed by atoms with Gasteiger partial charge in [0.1, 0.15) is 0 Å². The van der Waals surface area contributed by atoms with Crippen molar-refractivity contribution in [2.45, 2.75) is 53.4 Å². The van der Waals surface area contributed by atoms with Crippen LogP contribution in [0.25, 0.3) is 65.4 Å². The molecule has 10 heteroatoms. The first-order valence-electron chi connectivity index (χ1n) is 24.9. The van der Waals surface area contributed by atoms with E-state index in [1.807, 2.05) is 12.1 Å². The van der Waals surface area contributed by atoms with E-state index in [4.69, 9.17) is 19.9 Å². The van der Waals surface area contributed by atoms with Crippen molar-refractivity contribution in [3.8, 4) is 0 Å². The molecule has 0 amide bonds. The normalized spacial score (nSPS) is 11.1. The van der Waals surface area contributed by atoms with Gasteiger partial charge >= 0.3 is 0 Å². The number of aryl methyl sites for hydroxylation is 4. The fraction of sp³-hybridized carbons (Fsp3) is 0.125. The summed E-state index contributed by atoms with van der Waals surface area (Å²) in [5.74, 6) is 0. The Kier molecular flexibility index (Phi) is 16.1. The Morgan fingerprint density at radius 3 is 0.878 bits per heavy atom. The van der Waals surface area contributed by atoms with Gasteiger partial charge < -0.3 is 9.80 Å². The molecule has 2 radical (unpaired) electrons. The van der Waals surface area contributed by atoms with Crippen LogP contribution in [-0.2, 0) is 91.1 Å². The van der Waals surface area contributed by atoms with Crippen molar-refractivity contribution >= 4 is 99.5 Å². The van der Waals surface area contributed by atoms with Crippen LogP contribution in [0.3, 0.4) is 0 Å². The molecular weight excluding hydrogens is 1060 g/mol. The summed E-state index contributed by atoms with van der Waals surface area (Å²) in [7, 11) is 0. The molecule has 0 fully saturated rings. The molecule has 0 spiro atoms. The van der Waals surface area contributed by atoms with Crippen LogP contribution >= 0.6 is 0 Å². The van der Waals surface area contributed by atoms with Crippen molar-refractivity contribution in [1.29, 1.82) is 0 Å². The number of fused-ring (bicyclic) bond motifs is 6. The van der Waals surface area contributed by atoms with Crippen LogP contribution in [0.15, 0.2) is 182 Å². The Morgan fingerprint density at radius 2 is 0.514 bits per heavy atom. The van der Waals surface area contributed by atoms with E-state index in [1.165, 1.54) is 0 Å². The third kappa shape index (κ3) is 10.9. The summed E-state index contributed by atoms with van der Waals surface area (Å²) < 4.78 is 0. The zero-order valence-electron chi connectivity index (χ0n) is 42.3. The maximum Gasteiger partial charge on any atom is 0.0726 e. The molecule has 358 valence electrons. The molecule has 0 aliphatic rings. The molecule has 0 bridgehead atoms. The van der Waals surface area contributed by atoms with Gasteiger partial charge in [0.05, 0.1) is 33.1 Å². The summed E-state index contributed by atoms with van der Waals surface area (Å²) in [4.78, 5) is 33.2. The van der Waals surface area contributed by atoms with E-state index in [-0.39, 0.29) is 65.4 Å². The second-order valence-corrected chi connectivity index (χ2v) is 18.2. The summed E-state index contributed by atoms with van der Waals surface area (Å²) in [5.41, 5.74) is 18.1. The van der Waals surface area contributed by atoms with Crippen LogP contribution in [0, 0.1) is 13.8 Å². The molecule has 0 saturated carbocycles. The minimum absolute atomic E-state index is 0. The second-order valence-electron chi connectivity index (χ2n) is 18.2. The molecule has 6 heterocycles. The van der Waals surface area contributed by atoms with E-state index in [0.29, 0.717) is 0 Å². The Balaban J connectivity index is 0.000000177. The average Bonchev–Trinajstić information content (AvgIpc) is 3.42. The zero-order chi connectivity index (χ0) is 49.3. The molecule has 6 aromatic carbocycles. The fourth-order valence-corrected chi connectivity index (χ4v) is 9.43. The molecule has 8 nitrogen and oxygen atoms in total. The first-order valence-corrected chi connectivity index (χ1v) is 24.9. The molecule has 0 unspecified atom stereocenters. The predicted molar refractivity (Wildman–Crippen MR) is 300 cm³/mol. The predicted octanol–water partition coefficient (Wildman–Crippen LogP) is 16.2. The molecule has 0 aliphatic heterocycles. The molecule has 6 aromatic heterocycles. The van der Waals surface area contributed by atoms with Crippen LogP contribution in [0.1, 0.15) is 61.9 Å². The number of rotatable bonds is 10. The SMILES string of the molecule is [CH2-]c1ccc2cc(N(c3ccc4nc(CC)ccc4c3)c3ccc4nc(CC)ccc4c3)ccc2n1.[CH2-]c1ccc2ccc(N(c3ccc4ccc(CC)nc4c3)c3ccc4ccc(CC)nc4c3)cc2n1.[Y].[Y]. The number of hydrogen-bond acceptors (Lipinski definition) is 8. The molecular formula is C64H54N8Y2-2. The van der Waals surface area contributed by atoms with Gasteiger partial charge in [0.15, 0.2) is 0 Å². The summed E-state index contributed by atoms with van der Waals surface area (Å²) in [6.07, 6.45) is 3.66. The maximum absolute atomic E-state index is 4.90. The number of hydrogen-bond donors (Lipinski definition) is 0. The minimum atomic E-state index is 0. The third-order valence-electron chi connectivity index (χ3n) is 13.4. The number of benzene rings is 6. The minimum Gasteiger partial charge on any atom is -0.310 e. The van der Waals surface area contributed by atoms with Crippen LogP contribution < -0.4 is 9.80 Å². The molecule has 74 heavy (non-hydrogen) atoms. The molecule has 12 aromatic rings. The van der Waals surface area contributed by atoms with Crippen LogP contribution in [0.5, 0.6) is 0 Å². The molecule has 0 N–H and O–H groups in total. The van der Waals surface area contributed by atoms with Gasteiger partial charge in [-0.05, 0) is 152 Å². The quantitative estimate of drug-likeness (QED) is 0.125. The van der Waals surface area contributed by atoms with Gasteiger partial charge in [-0.15, -0.1) is 23.5 Å². The zero-order valence-corrected chi connectivity index (χ0v) is 48.0. The monoisotopic (exact) mass is 1110 g/mol. The summed E-state index contributed by atoms with van der Waals surface area (Å²) >= 11 is 0. The largest absolute Gasteiger partial charge is 0.310 e. The van der Waals surface area contributed by atoms with E-state index in [9.17, 15) is 0 Å². The summed E-state index contributed by atoms with van der Waals surface area (Å²) in [6, 6.07) is 63.8. The standard InChI is InChI=1S/2C32H27N4.2Y/c1-4-25-13-8-23-11-16-28(19-31(23)34-25)36(27-15-10-22-7-6-21(3)33-30(22)18-27)29-17-12-24-9-14-26(5-2)35-32(24)20-29;1-4-25-10-8-23-19-28(13-16-31(23)34-25)36(27-12-15-30-22(18-27)7-6-21(3)33-30)29-14-17-32-24(20-29)9-11-26(5-2)35-32;;/h2*6-20H,3-5H2,1-2H3;;/q2*-1;;. The topological polar surface area (TPSA) is 83.8 Å². The smallest absolute Gasteiger partial charge is 0.0726 e. The van der Waals surface area contributed by atoms with Gasteiger partial charge in [-0.25, -0.2) is 13.8 Å². The van der Waals surface area contributed by atoms with Crippen molar-refractivity contribution in [3.05, 3.63) is 230 Å². The Labute approximate surface area is 483 Å². The van der Waals surface area contributed by atoms with Crippen molar-refractivity contribution in [2.75, 3.05) is 9.80 Å². The second kappa shape index (κ2) is 22.8. The van der Waals surface area contributed by atoms with E-state index in [0.717, 1.165) is 159 Å². The molecule has 12 rings (SSSR count). The number of aromatic nitrogens is 6. The van der Waals surface area contributed by atoms with Gasteiger partial charge in [-0.3, -0.25) is 29.9 Å². The molecule has 0 aliphatic carbocycles. The summed E-state index contributed by atoms with van der Waals surface area (Å²) in [6.45, 7) is 16.5. The van der Waals surface area contributed by atoms with Crippen LogP contribution in [-0.4, -0.2) is 29.9 Å². The molecule has 0 saturated heterocycles. The Hall–Kier alpha value is -6.67. The van der Waals surface area contributed by atoms with Gasteiger partial charge in [0.2, 0.25) is 0 Å². The van der Waals surface area contributed by atoms with Gasteiger partial charge in [-0.1, -0.05) is 70.2 Å². The van der Waals surface area contributed by atoms with E-state index in [1.54, 1.807) is 0 Å². The van der Waals surface area contributed by atoms with Crippen molar-refractivity contribution in [3.63, 3.8) is 0 Å². The average molecular weight is 1110 g/mol. The van der Waals surface area contributed by atoms with E-state index in [2.05, 4.69) is 231 Å². The third-order valence-corrected chi connectivity index (χ3v) is 13.4. The number of anilines is 6. The number of pyridine rings is 6. The first kappa shape index (κ1) is 52.2. The maximum atomic E-state index is 4.90. The van der Waals surface area contributed by atoms with Gasteiger partial charge in [0.25, 0.3) is 0 Å². The fourth-order valence-electron chi connectivity index (χ4n) is 9.43. The number of nitrogens with zero attached hydrogens (tertiary/aromatic N) is 8. The van der Waals surface area contributed by atoms with Crippen LogP contribution in [0.2, 0.25) is 0 Å². The van der Waals surface area contributed by atoms with Gasteiger partial charge in [0, 0.05) is 144 Å². The van der Waals surface area contributed by atoms with Crippen molar-refractivity contribution in [1.82, 2.24) is 29.9 Å². The first-order chi connectivity index (χ1) is 35.2. The Morgan fingerprint density at radius 1 is 0.270 bits per heavy atom. The summed E-state index contributed by atoms with van der Waals surface area (Å²) in [5, 5.41) is 6.67. The Bertz CT molecular complexity index is 3830. The van der Waals surface area contributed by atoms with Crippen LogP contribution in [0.4, 0.5) is 34.1 Å².